The van der Waals surface area contributed by atoms with Crippen LogP contribution in [0.1, 0.15) is 12.2 Å². The zero-order valence-electron chi connectivity index (χ0n) is 7.23. The van der Waals surface area contributed by atoms with Gasteiger partial charge < -0.3 is 4.90 Å². The van der Waals surface area contributed by atoms with Gasteiger partial charge in [0.2, 0.25) is 5.95 Å². The normalized spacial score (nSPS) is 14.5. The molecule has 0 bridgehead atoms. The van der Waals surface area contributed by atoms with E-state index in [4.69, 9.17) is 0 Å². The third kappa shape index (κ3) is 0.975. The minimum atomic E-state index is 0.793. The average Bonchev–Trinajstić information content (AvgIpc) is 2.47. The lowest BCUT2D eigenvalue weighted by molar-refractivity contribution is 0.734. The summed E-state index contributed by atoms with van der Waals surface area (Å²) in [5.74, 6) is 1.74. The molecule has 0 saturated heterocycles. The van der Waals surface area contributed by atoms with E-state index in [0.717, 1.165) is 24.6 Å². The van der Waals surface area contributed by atoms with E-state index in [1.807, 2.05) is 25.2 Å². The Kier molecular flexibility index (Phi) is 1.56. The molecular weight excluding hydrogens is 154 g/mol. The number of anilines is 1. The first kappa shape index (κ1) is 7.27. The van der Waals surface area contributed by atoms with Crippen LogP contribution in [-0.2, 0) is 6.42 Å². The number of hydrogen-bond acceptors (Lipinski definition) is 4. The average molecular weight is 165 g/mol. The van der Waals surface area contributed by atoms with Gasteiger partial charge in [0.1, 0.15) is 0 Å². The maximum atomic E-state index is 4.20. The minimum Gasteiger partial charge on any atom is -0.346 e. The molecule has 0 aromatic carbocycles. The van der Waals surface area contributed by atoms with Crippen LogP contribution in [0.4, 0.5) is 5.95 Å². The van der Waals surface area contributed by atoms with Gasteiger partial charge in [0.05, 0.1) is 0 Å². The van der Waals surface area contributed by atoms with E-state index in [0.29, 0.717) is 0 Å². The van der Waals surface area contributed by atoms with Crippen LogP contribution < -0.4 is 4.90 Å². The molecule has 1 aromatic heterocycles. The summed E-state index contributed by atoms with van der Waals surface area (Å²) in [6, 6.07) is 0. The van der Waals surface area contributed by atoms with Crippen LogP contribution in [-0.4, -0.2) is 35.2 Å². The van der Waals surface area contributed by atoms with Crippen molar-refractivity contribution in [3.63, 3.8) is 0 Å². The number of fused-ring (bicyclic) bond motifs is 1. The molecule has 0 unspecified atom stereocenters. The van der Waals surface area contributed by atoms with E-state index in [1.54, 1.807) is 4.68 Å². The summed E-state index contributed by atoms with van der Waals surface area (Å²) in [6.45, 7) is 0. The smallest absolute Gasteiger partial charge is 0.247 e. The molecule has 5 nitrogen and oxygen atoms in total. The zero-order valence-corrected chi connectivity index (χ0v) is 7.23. The fourth-order valence-electron chi connectivity index (χ4n) is 1.19. The van der Waals surface area contributed by atoms with E-state index < -0.39 is 0 Å². The Morgan fingerprint density at radius 3 is 3.00 bits per heavy atom. The van der Waals surface area contributed by atoms with Crippen LogP contribution in [0, 0.1) is 0 Å². The molecular formula is C7H11N5. The molecule has 12 heavy (non-hydrogen) atoms. The predicted octanol–water partition coefficient (Wildman–Crippen LogP) is 0.124. The first-order valence-corrected chi connectivity index (χ1v) is 3.93. The van der Waals surface area contributed by atoms with Crippen molar-refractivity contribution in [2.45, 2.75) is 12.8 Å². The zero-order chi connectivity index (χ0) is 8.55. The molecule has 1 aliphatic rings. The number of rotatable bonds is 1. The monoisotopic (exact) mass is 165 g/mol. The summed E-state index contributed by atoms with van der Waals surface area (Å²) in [5, 5.41) is 12.3. The fraction of sp³-hybridized carbons (Fsp3) is 0.571. The van der Waals surface area contributed by atoms with Gasteiger partial charge >= 0.3 is 0 Å². The molecule has 1 aliphatic heterocycles. The highest BCUT2D eigenvalue weighted by Crippen LogP contribution is 2.13. The minimum absolute atomic E-state index is 0.793. The lowest BCUT2D eigenvalue weighted by Crippen LogP contribution is -2.16. The van der Waals surface area contributed by atoms with Crippen molar-refractivity contribution in [3.05, 3.63) is 5.82 Å². The lowest BCUT2D eigenvalue weighted by Gasteiger charge is -2.12. The highest BCUT2D eigenvalue weighted by atomic mass is 15.5. The van der Waals surface area contributed by atoms with Crippen LogP contribution >= 0.6 is 0 Å². The van der Waals surface area contributed by atoms with Crippen LogP contribution in [0.3, 0.4) is 0 Å². The Bertz CT molecular complexity index is 312. The van der Waals surface area contributed by atoms with Crippen LogP contribution in [0.15, 0.2) is 5.10 Å². The van der Waals surface area contributed by atoms with E-state index in [-0.39, 0.29) is 0 Å². The van der Waals surface area contributed by atoms with Gasteiger partial charge in [-0.05, 0) is 6.42 Å². The topological polar surface area (TPSA) is 46.3 Å². The molecule has 0 amide bonds. The van der Waals surface area contributed by atoms with Crippen molar-refractivity contribution in [2.75, 3.05) is 19.0 Å². The quantitative estimate of drug-likeness (QED) is 0.594. The van der Waals surface area contributed by atoms with Crippen molar-refractivity contribution >= 4 is 12.2 Å². The summed E-state index contributed by atoms with van der Waals surface area (Å²) in [7, 11) is 3.86. The Morgan fingerprint density at radius 1 is 1.42 bits per heavy atom. The molecule has 1 aromatic rings. The molecule has 2 rings (SSSR count). The van der Waals surface area contributed by atoms with Gasteiger partial charge in [0, 0.05) is 26.7 Å². The Hall–Kier alpha value is -1.39. The van der Waals surface area contributed by atoms with Gasteiger partial charge in [-0.1, -0.05) is 0 Å². The first-order valence-electron chi connectivity index (χ1n) is 3.93. The van der Waals surface area contributed by atoms with E-state index >= 15 is 0 Å². The second-order valence-corrected chi connectivity index (χ2v) is 2.96. The molecule has 0 aliphatic carbocycles. The van der Waals surface area contributed by atoms with E-state index in [9.17, 15) is 0 Å². The van der Waals surface area contributed by atoms with E-state index in [1.165, 1.54) is 0 Å². The van der Waals surface area contributed by atoms with Gasteiger partial charge in [-0.15, -0.1) is 10.2 Å². The third-order valence-electron chi connectivity index (χ3n) is 1.78. The van der Waals surface area contributed by atoms with Gasteiger partial charge in [0.25, 0.3) is 0 Å². The summed E-state index contributed by atoms with van der Waals surface area (Å²) in [5.41, 5.74) is 0. The van der Waals surface area contributed by atoms with Gasteiger partial charge in [0.15, 0.2) is 5.82 Å². The molecule has 0 N–H and O–H groups in total. The van der Waals surface area contributed by atoms with Crippen LogP contribution in [0.2, 0.25) is 0 Å². The highest BCUT2D eigenvalue weighted by Gasteiger charge is 2.14. The Balaban J connectivity index is 2.47. The Morgan fingerprint density at radius 2 is 2.25 bits per heavy atom. The molecule has 0 spiro atoms. The van der Waals surface area contributed by atoms with Gasteiger partial charge in [-0.25, -0.2) is 0 Å². The molecule has 2 heterocycles. The lowest BCUT2D eigenvalue weighted by atomic mass is 10.3. The maximum Gasteiger partial charge on any atom is 0.247 e. The second kappa shape index (κ2) is 2.58. The van der Waals surface area contributed by atoms with Crippen molar-refractivity contribution in [1.29, 1.82) is 0 Å². The van der Waals surface area contributed by atoms with Crippen molar-refractivity contribution in [3.8, 4) is 0 Å². The van der Waals surface area contributed by atoms with Gasteiger partial charge in [-0.2, -0.15) is 9.78 Å². The van der Waals surface area contributed by atoms with Gasteiger partial charge in [-0.3, -0.25) is 0 Å². The predicted molar refractivity (Wildman–Crippen MR) is 46.6 cm³/mol. The van der Waals surface area contributed by atoms with Crippen LogP contribution in [0.25, 0.3) is 0 Å². The number of aryl methyl sites for hydroxylation is 1. The number of hydrogen-bond donors (Lipinski definition) is 0. The first-order chi connectivity index (χ1) is 5.79. The number of nitrogens with zero attached hydrogens (tertiary/aromatic N) is 5. The van der Waals surface area contributed by atoms with Crippen LogP contribution in [0.5, 0.6) is 0 Å². The SMILES string of the molecule is CN(C)c1nnc2n1N=CCC2. The molecule has 0 atom stereocenters. The fourth-order valence-corrected chi connectivity index (χ4v) is 1.19. The molecule has 0 fully saturated rings. The standard InChI is InChI=1S/C7H11N5/c1-11(2)7-10-9-6-4-3-5-8-12(6)7/h5H,3-4H2,1-2H3. The van der Waals surface area contributed by atoms with E-state index in [2.05, 4.69) is 15.3 Å². The molecule has 5 heteroatoms. The molecule has 64 valence electrons. The summed E-state index contributed by atoms with van der Waals surface area (Å²) in [6.07, 6.45) is 3.79. The maximum absolute atomic E-state index is 4.20. The second-order valence-electron chi connectivity index (χ2n) is 2.96. The molecule has 0 radical (unpaired) electrons. The third-order valence-corrected chi connectivity index (χ3v) is 1.78. The summed E-state index contributed by atoms with van der Waals surface area (Å²) >= 11 is 0. The summed E-state index contributed by atoms with van der Waals surface area (Å²) in [4.78, 5) is 1.90. The largest absolute Gasteiger partial charge is 0.346 e. The van der Waals surface area contributed by atoms with Crippen molar-refractivity contribution in [1.82, 2.24) is 14.9 Å². The Labute approximate surface area is 70.7 Å². The number of aromatic nitrogens is 3. The summed E-state index contributed by atoms with van der Waals surface area (Å²) < 4.78 is 1.78. The van der Waals surface area contributed by atoms with Crippen molar-refractivity contribution in [2.24, 2.45) is 5.10 Å². The highest BCUT2D eigenvalue weighted by molar-refractivity contribution is 5.59. The van der Waals surface area contributed by atoms with Crippen molar-refractivity contribution < 1.29 is 0 Å². The molecule has 0 saturated carbocycles.